The van der Waals surface area contributed by atoms with E-state index < -0.39 is 23.4 Å². The minimum Gasteiger partial charge on any atom is -0.871 e. The molecule has 0 aliphatic heterocycles. The largest absolute Gasteiger partial charge is 0.871 e. The molecular formula is C18H13CuN3O6S-2. The van der Waals surface area contributed by atoms with Gasteiger partial charge in [0.15, 0.2) is 0 Å². The predicted molar refractivity (Wildman–Crippen MR) is 102 cm³/mol. The van der Waals surface area contributed by atoms with Crippen molar-refractivity contribution >= 4 is 41.3 Å². The standard InChI is InChI=1S/C18H15N3O6S.Cu/c1-28-18(19-8-10-4-2-6-12(14(10)22)16(24)25)21-20-9-11-5-3-7-13(15(11)23)17(26)27;/h2-9,22-23H,1H3,(H,24,25)(H,26,27);/p-2/b19-8+,20-9+,21-18+;. The summed E-state index contributed by atoms with van der Waals surface area (Å²) in [6, 6.07) is 8.04. The van der Waals surface area contributed by atoms with Crippen molar-refractivity contribution in [1.82, 2.24) is 0 Å². The van der Waals surface area contributed by atoms with Crippen molar-refractivity contribution in [3.8, 4) is 11.5 Å². The number of carbonyl (C=O) groups is 2. The van der Waals surface area contributed by atoms with E-state index >= 15 is 0 Å². The first-order chi connectivity index (χ1) is 13.3. The first-order valence-electron chi connectivity index (χ1n) is 7.61. The van der Waals surface area contributed by atoms with Gasteiger partial charge in [0.1, 0.15) is 0 Å². The zero-order chi connectivity index (χ0) is 20.7. The Kier molecular flexibility index (Phi) is 9.07. The zero-order valence-corrected chi connectivity index (χ0v) is 16.5. The third-order valence-corrected chi connectivity index (χ3v) is 3.94. The van der Waals surface area contributed by atoms with Crippen molar-refractivity contribution in [2.75, 3.05) is 6.26 Å². The van der Waals surface area contributed by atoms with E-state index in [1.807, 2.05) is 0 Å². The Morgan fingerprint density at radius 1 is 0.931 bits per heavy atom. The molecule has 0 aromatic heterocycles. The number of aromatic carboxylic acids is 2. The average Bonchev–Trinajstić information content (AvgIpc) is 2.66. The van der Waals surface area contributed by atoms with Crippen molar-refractivity contribution in [1.29, 1.82) is 0 Å². The number of amidine groups is 1. The maximum absolute atomic E-state index is 12.0. The van der Waals surface area contributed by atoms with E-state index in [0.717, 1.165) is 18.0 Å². The predicted octanol–water partition coefficient (Wildman–Crippen LogP) is 1.40. The van der Waals surface area contributed by atoms with Crippen LogP contribution < -0.4 is 10.2 Å². The van der Waals surface area contributed by atoms with Gasteiger partial charge in [-0.05, 0) is 29.5 Å². The molecule has 0 amide bonds. The summed E-state index contributed by atoms with van der Waals surface area (Å²) in [5, 5.41) is 49.5. The number of para-hydroxylation sites is 2. The SMILES string of the molecule is CSC(/N=C/c1cccc(C(=O)O)c1[O-])=N/N=C/c1cccc(C(=O)O)c1[O-].[Cu]. The molecule has 0 atom stereocenters. The molecule has 0 aliphatic rings. The number of carboxylic acid groups (broad SMARTS) is 2. The summed E-state index contributed by atoms with van der Waals surface area (Å²) in [6.45, 7) is 0. The van der Waals surface area contributed by atoms with Crippen molar-refractivity contribution < 1.29 is 47.1 Å². The van der Waals surface area contributed by atoms with Crippen LogP contribution in [0.15, 0.2) is 51.6 Å². The van der Waals surface area contributed by atoms with Gasteiger partial charge in [-0.15, -0.1) is 5.10 Å². The molecule has 155 valence electrons. The number of benzene rings is 2. The smallest absolute Gasteiger partial charge is 0.335 e. The van der Waals surface area contributed by atoms with Crippen molar-refractivity contribution in [3.63, 3.8) is 0 Å². The Balaban J connectivity index is 0.00000420. The summed E-state index contributed by atoms with van der Waals surface area (Å²) in [6.07, 6.45) is 3.93. The summed E-state index contributed by atoms with van der Waals surface area (Å²) in [7, 11) is 0. The van der Waals surface area contributed by atoms with E-state index in [2.05, 4.69) is 15.2 Å². The number of aliphatic imine (C=N–C) groups is 1. The number of thioether (sulfide) groups is 1. The number of carboxylic acids is 2. The monoisotopic (exact) mass is 462 g/mol. The van der Waals surface area contributed by atoms with Gasteiger partial charge < -0.3 is 20.4 Å². The van der Waals surface area contributed by atoms with Gasteiger partial charge in [0, 0.05) is 23.3 Å². The van der Waals surface area contributed by atoms with Crippen molar-refractivity contribution in [2.24, 2.45) is 15.2 Å². The molecule has 2 aromatic carbocycles. The second-order valence-corrected chi connectivity index (χ2v) is 5.92. The van der Waals surface area contributed by atoms with Gasteiger partial charge in [0.05, 0.1) is 17.3 Å². The molecule has 0 aliphatic carbocycles. The molecule has 2 N–H and O–H groups in total. The molecule has 0 bridgehead atoms. The Hall–Kier alpha value is -3.14. The second kappa shape index (κ2) is 11.0. The Bertz CT molecular complexity index is 1010. The van der Waals surface area contributed by atoms with Crippen LogP contribution in [0.25, 0.3) is 0 Å². The Morgan fingerprint density at radius 2 is 1.41 bits per heavy atom. The molecule has 0 heterocycles. The van der Waals surface area contributed by atoms with E-state index in [-0.39, 0.29) is 44.5 Å². The van der Waals surface area contributed by atoms with Crippen LogP contribution in [0.4, 0.5) is 0 Å². The van der Waals surface area contributed by atoms with Crippen LogP contribution >= 0.6 is 11.8 Å². The molecule has 0 fully saturated rings. The van der Waals surface area contributed by atoms with Crippen LogP contribution in [0.2, 0.25) is 0 Å². The van der Waals surface area contributed by atoms with E-state index in [0.29, 0.717) is 0 Å². The quantitative estimate of drug-likeness (QED) is 0.294. The third-order valence-electron chi connectivity index (χ3n) is 3.39. The summed E-state index contributed by atoms with van der Waals surface area (Å²) >= 11 is 1.10. The van der Waals surface area contributed by atoms with Gasteiger partial charge in [-0.25, -0.2) is 14.6 Å². The number of hydrogen-bond donors (Lipinski definition) is 2. The molecule has 11 heteroatoms. The van der Waals surface area contributed by atoms with Crippen molar-refractivity contribution in [3.05, 3.63) is 58.7 Å². The molecule has 9 nitrogen and oxygen atoms in total. The van der Waals surface area contributed by atoms with Crippen LogP contribution in [-0.4, -0.2) is 46.0 Å². The van der Waals surface area contributed by atoms with Crippen molar-refractivity contribution in [2.45, 2.75) is 0 Å². The normalized spacial score (nSPS) is 11.6. The maximum atomic E-state index is 12.0. The van der Waals surface area contributed by atoms with Gasteiger partial charge >= 0.3 is 11.9 Å². The fourth-order valence-electron chi connectivity index (χ4n) is 2.03. The topological polar surface area (TPSA) is 158 Å². The van der Waals surface area contributed by atoms with E-state index in [1.165, 1.54) is 42.6 Å². The van der Waals surface area contributed by atoms with Gasteiger partial charge in [-0.3, -0.25) is 0 Å². The number of hydrogen-bond acceptors (Lipinski definition) is 7. The van der Waals surface area contributed by atoms with Crippen LogP contribution in [0, 0.1) is 0 Å². The Morgan fingerprint density at radius 3 is 1.86 bits per heavy atom. The zero-order valence-electron chi connectivity index (χ0n) is 14.7. The first-order valence-corrected chi connectivity index (χ1v) is 8.83. The maximum Gasteiger partial charge on any atom is 0.335 e. The second-order valence-electron chi connectivity index (χ2n) is 5.15. The molecular weight excluding hydrogens is 450 g/mol. The Labute approximate surface area is 180 Å². The van der Waals surface area contributed by atoms with Gasteiger partial charge in [0.25, 0.3) is 0 Å². The molecule has 1 radical (unpaired) electrons. The molecule has 2 aromatic rings. The minimum absolute atomic E-state index is 0. The number of nitrogens with zero attached hydrogens (tertiary/aromatic N) is 3. The van der Waals surface area contributed by atoms with Gasteiger partial charge in [-0.2, -0.15) is 5.10 Å². The molecule has 0 unspecified atom stereocenters. The fraction of sp³-hybridized carbons (Fsp3) is 0.0556. The molecule has 29 heavy (non-hydrogen) atoms. The molecule has 0 saturated carbocycles. The molecule has 0 saturated heterocycles. The summed E-state index contributed by atoms with van der Waals surface area (Å²) in [5.41, 5.74) is -0.631. The third kappa shape index (κ3) is 6.18. The van der Waals surface area contributed by atoms with Crippen LogP contribution in [0.3, 0.4) is 0 Å². The van der Waals surface area contributed by atoms with Crippen LogP contribution in [-0.2, 0) is 17.1 Å². The summed E-state index contributed by atoms with van der Waals surface area (Å²) < 4.78 is 0. The van der Waals surface area contributed by atoms with E-state index in [4.69, 9.17) is 10.2 Å². The van der Waals surface area contributed by atoms with Gasteiger partial charge in [0.2, 0.25) is 5.17 Å². The minimum atomic E-state index is -1.34. The summed E-state index contributed by atoms with van der Waals surface area (Å²) in [4.78, 5) is 25.9. The number of rotatable bonds is 5. The average molecular weight is 463 g/mol. The van der Waals surface area contributed by atoms with Gasteiger partial charge in [-0.1, -0.05) is 47.5 Å². The molecule has 0 spiro atoms. The van der Waals surface area contributed by atoms with E-state index in [9.17, 15) is 19.8 Å². The fourth-order valence-corrected chi connectivity index (χ4v) is 2.32. The van der Waals surface area contributed by atoms with Crippen LogP contribution in [0.1, 0.15) is 31.8 Å². The molecule has 2 rings (SSSR count). The van der Waals surface area contributed by atoms with Crippen LogP contribution in [0.5, 0.6) is 11.5 Å². The summed E-state index contributed by atoms with van der Waals surface area (Å²) in [5.74, 6) is -4.04. The van der Waals surface area contributed by atoms with E-state index in [1.54, 1.807) is 6.26 Å². The first kappa shape index (κ1) is 23.9.